The van der Waals surface area contributed by atoms with Gasteiger partial charge in [0.25, 0.3) is 0 Å². The van der Waals surface area contributed by atoms with Crippen molar-refractivity contribution in [3.8, 4) is 0 Å². The Labute approximate surface area is 86.3 Å². The molecule has 1 unspecified atom stereocenters. The number of aromatic amines is 1. The van der Waals surface area contributed by atoms with Crippen molar-refractivity contribution in [3.05, 3.63) is 24.0 Å². The first-order chi connectivity index (χ1) is 6.74. The van der Waals surface area contributed by atoms with Crippen LogP contribution in [0.25, 0.3) is 0 Å². The van der Waals surface area contributed by atoms with E-state index >= 15 is 0 Å². The molecule has 0 radical (unpaired) electrons. The highest BCUT2D eigenvalue weighted by atomic mass is 15.1. The SMILES string of the molecule is CC(CCN)N(C)CCc1cc[nH]c1. The standard InChI is InChI=1S/C11H21N3/c1-10(3-6-12)14(2)8-5-11-4-7-13-9-11/h4,7,9-10,13H,3,5-6,8,12H2,1-2H3. The van der Waals surface area contributed by atoms with E-state index in [1.54, 1.807) is 0 Å². The molecular formula is C11H21N3. The highest BCUT2D eigenvalue weighted by Gasteiger charge is 2.07. The lowest BCUT2D eigenvalue weighted by Crippen LogP contribution is -2.32. The summed E-state index contributed by atoms with van der Waals surface area (Å²) in [5, 5.41) is 0. The normalized spacial score (nSPS) is 13.4. The van der Waals surface area contributed by atoms with Gasteiger partial charge in [0, 0.05) is 25.0 Å². The fourth-order valence-corrected chi connectivity index (χ4v) is 1.50. The molecule has 14 heavy (non-hydrogen) atoms. The zero-order valence-electron chi connectivity index (χ0n) is 9.16. The van der Waals surface area contributed by atoms with Crippen molar-refractivity contribution in [1.29, 1.82) is 0 Å². The third-order valence-corrected chi connectivity index (χ3v) is 2.75. The first-order valence-electron chi connectivity index (χ1n) is 5.26. The van der Waals surface area contributed by atoms with E-state index in [2.05, 4.69) is 36.1 Å². The number of hydrogen-bond donors (Lipinski definition) is 2. The van der Waals surface area contributed by atoms with E-state index < -0.39 is 0 Å². The zero-order chi connectivity index (χ0) is 10.4. The maximum Gasteiger partial charge on any atom is 0.00760 e. The second-order valence-corrected chi connectivity index (χ2v) is 3.88. The summed E-state index contributed by atoms with van der Waals surface area (Å²) < 4.78 is 0. The number of nitrogens with one attached hydrogen (secondary N) is 1. The number of hydrogen-bond acceptors (Lipinski definition) is 2. The molecule has 0 amide bonds. The smallest absolute Gasteiger partial charge is 0.00760 e. The van der Waals surface area contributed by atoms with Gasteiger partial charge in [0.05, 0.1) is 0 Å². The van der Waals surface area contributed by atoms with Crippen LogP contribution in [0.4, 0.5) is 0 Å². The van der Waals surface area contributed by atoms with Gasteiger partial charge >= 0.3 is 0 Å². The summed E-state index contributed by atoms with van der Waals surface area (Å²) in [6, 6.07) is 2.71. The highest BCUT2D eigenvalue weighted by molar-refractivity contribution is 5.08. The highest BCUT2D eigenvalue weighted by Crippen LogP contribution is 2.03. The molecule has 0 aliphatic carbocycles. The Hall–Kier alpha value is -0.800. The summed E-state index contributed by atoms with van der Waals surface area (Å²) in [6.45, 7) is 4.10. The van der Waals surface area contributed by atoms with Crippen molar-refractivity contribution in [2.75, 3.05) is 20.1 Å². The number of likely N-dealkylation sites (N-methyl/N-ethyl adjacent to an activating group) is 1. The van der Waals surface area contributed by atoms with Crippen LogP contribution < -0.4 is 5.73 Å². The van der Waals surface area contributed by atoms with Gasteiger partial charge in [0.1, 0.15) is 0 Å². The van der Waals surface area contributed by atoms with E-state index in [-0.39, 0.29) is 0 Å². The molecule has 0 aliphatic heterocycles. The Morgan fingerprint density at radius 2 is 2.36 bits per heavy atom. The molecule has 1 rings (SSSR count). The van der Waals surface area contributed by atoms with Crippen molar-refractivity contribution in [2.45, 2.75) is 25.8 Å². The van der Waals surface area contributed by atoms with Gasteiger partial charge in [-0.05, 0) is 45.0 Å². The van der Waals surface area contributed by atoms with Crippen LogP contribution in [-0.2, 0) is 6.42 Å². The van der Waals surface area contributed by atoms with Crippen LogP contribution in [0.3, 0.4) is 0 Å². The average molecular weight is 195 g/mol. The quantitative estimate of drug-likeness (QED) is 0.717. The third-order valence-electron chi connectivity index (χ3n) is 2.75. The molecule has 0 fully saturated rings. The second kappa shape index (κ2) is 5.83. The summed E-state index contributed by atoms with van der Waals surface area (Å²) in [6.07, 6.45) is 6.21. The molecular weight excluding hydrogens is 174 g/mol. The minimum Gasteiger partial charge on any atom is -0.367 e. The minimum atomic E-state index is 0.582. The van der Waals surface area contributed by atoms with Crippen LogP contribution >= 0.6 is 0 Å². The van der Waals surface area contributed by atoms with Crippen LogP contribution in [0.2, 0.25) is 0 Å². The molecule has 0 aromatic carbocycles. The summed E-state index contributed by atoms with van der Waals surface area (Å²) >= 11 is 0. The van der Waals surface area contributed by atoms with Gasteiger partial charge in [0.2, 0.25) is 0 Å². The fourth-order valence-electron chi connectivity index (χ4n) is 1.50. The Kier molecular flexibility index (Phi) is 4.70. The van der Waals surface area contributed by atoms with Crippen molar-refractivity contribution in [1.82, 2.24) is 9.88 Å². The first-order valence-corrected chi connectivity index (χ1v) is 5.26. The van der Waals surface area contributed by atoms with Crippen molar-refractivity contribution in [3.63, 3.8) is 0 Å². The van der Waals surface area contributed by atoms with E-state index in [0.29, 0.717) is 6.04 Å². The summed E-state index contributed by atoms with van der Waals surface area (Å²) in [5.74, 6) is 0. The Morgan fingerprint density at radius 1 is 1.57 bits per heavy atom. The maximum atomic E-state index is 5.53. The molecule has 3 heteroatoms. The van der Waals surface area contributed by atoms with Gasteiger partial charge < -0.3 is 15.6 Å². The minimum absolute atomic E-state index is 0.582. The zero-order valence-corrected chi connectivity index (χ0v) is 9.16. The van der Waals surface area contributed by atoms with Gasteiger partial charge in [-0.15, -0.1) is 0 Å². The largest absolute Gasteiger partial charge is 0.367 e. The van der Waals surface area contributed by atoms with E-state index in [0.717, 1.165) is 25.9 Å². The summed E-state index contributed by atoms with van der Waals surface area (Å²) in [5.41, 5.74) is 6.90. The predicted octanol–water partition coefficient (Wildman–Crippen LogP) is 1.23. The molecule has 0 spiro atoms. The Balaban J connectivity index is 2.24. The number of nitrogens with zero attached hydrogens (tertiary/aromatic N) is 1. The van der Waals surface area contributed by atoms with Crippen molar-refractivity contribution in [2.24, 2.45) is 5.73 Å². The lowest BCUT2D eigenvalue weighted by Gasteiger charge is -2.23. The molecule has 1 aromatic heterocycles. The Bertz CT molecular complexity index is 231. The monoisotopic (exact) mass is 195 g/mol. The van der Waals surface area contributed by atoms with Gasteiger partial charge in [-0.2, -0.15) is 0 Å². The van der Waals surface area contributed by atoms with E-state index in [4.69, 9.17) is 5.73 Å². The van der Waals surface area contributed by atoms with Crippen LogP contribution in [0.5, 0.6) is 0 Å². The summed E-state index contributed by atoms with van der Waals surface area (Å²) in [4.78, 5) is 5.43. The topological polar surface area (TPSA) is 45.0 Å². The average Bonchev–Trinajstić information content (AvgIpc) is 2.67. The molecule has 1 atom stereocenters. The number of nitrogens with two attached hydrogens (primary N) is 1. The van der Waals surface area contributed by atoms with Crippen molar-refractivity contribution < 1.29 is 0 Å². The molecule has 1 heterocycles. The molecule has 3 nitrogen and oxygen atoms in total. The van der Waals surface area contributed by atoms with Crippen molar-refractivity contribution >= 4 is 0 Å². The molecule has 0 saturated heterocycles. The van der Waals surface area contributed by atoms with Gasteiger partial charge in [-0.1, -0.05) is 0 Å². The molecule has 1 aromatic rings. The van der Waals surface area contributed by atoms with E-state index in [1.807, 2.05) is 6.20 Å². The molecule has 3 N–H and O–H groups in total. The van der Waals surface area contributed by atoms with Gasteiger partial charge in [0.15, 0.2) is 0 Å². The molecule has 80 valence electrons. The fraction of sp³-hybridized carbons (Fsp3) is 0.636. The number of rotatable bonds is 6. The van der Waals surface area contributed by atoms with E-state index in [9.17, 15) is 0 Å². The Morgan fingerprint density at radius 3 is 2.93 bits per heavy atom. The lowest BCUT2D eigenvalue weighted by atomic mass is 10.2. The summed E-state index contributed by atoms with van der Waals surface area (Å²) in [7, 11) is 2.16. The number of aromatic nitrogens is 1. The van der Waals surface area contributed by atoms with Crippen LogP contribution in [-0.4, -0.2) is 36.1 Å². The molecule has 0 saturated carbocycles. The predicted molar refractivity (Wildman–Crippen MR) is 60.3 cm³/mol. The van der Waals surface area contributed by atoms with Crippen LogP contribution in [0.15, 0.2) is 18.5 Å². The van der Waals surface area contributed by atoms with Crippen LogP contribution in [0, 0.1) is 0 Å². The lowest BCUT2D eigenvalue weighted by molar-refractivity contribution is 0.251. The van der Waals surface area contributed by atoms with Gasteiger partial charge in [-0.25, -0.2) is 0 Å². The number of H-pyrrole nitrogens is 1. The molecule has 0 aliphatic rings. The first kappa shape index (κ1) is 11.3. The van der Waals surface area contributed by atoms with Gasteiger partial charge in [-0.3, -0.25) is 0 Å². The van der Waals surface area contributed by atoms with Crippen LogP contribution in [0.1, 0.15) is 18.9 Å². The second-order valence-electron chi connectivity index (χ2n) is 3.88. The maximum absolute atomic E-state index is 5.53. The van der Waals surface area contributed by atoms with E-state index in [1.165, 1.54) is 5.56 Å². The molecule has 0 bridgehead atoms. The third kappa shape index (κ3) is 3.52.